The van der Waals surface area contributed by atoms with Gasteiger partial charge in [-0.3, -0.25) is 15.2 Å². The molecule has 1 fully saturated rings. The van der Waals surface area contributed by atoms with E-state index in [1.807, 2.05) is 17.2 Å². The zero-order valence-corrected chi connectivity index (χ0v) is 17.3. The number of nitrogens with one attached hydrogen (secondary N) is 3. The minimum atomic E-state index is -4.67. The molecule has 3 N–H and O–H groups in total. The second-order valence-corrected chi connectivity index (χ2v) is 7.65. The van der Waals surface area contributed by atoms with Crippen molar-refractivity contribution in [1.29, 1.82) is 0 Å². The molecule has 1 aromatic heterocycles. The Morgan fingerprint density at radius 2 is 1.68 bits per heavy atom. The van der Waals surface area contributed by atoms with Crippen LogP contribution >= 0.6 is 0 Å². The molecule has 0 unspecified atom stereocenters. The number of aliphatic imine (C=N–C) groups is 1. The van der Waals surface area contributed by atoms with Crippen molar-refractivity contribution in [2.24, 2.45) is 4.99 Å². The smallest absolute Gasteiger partial charge is 0.326 e. The van der Waals surface area contributed by atoms with E-state index in [1.165, 1.54) is 0 Å². The average molecular weight is 481 g/mol. The molecule has 4 rings (SSSR count). The van der Waals surface area contributed by atoms with Crippen LogP contribution in [0.15, 0.2) is 59.6 Å². The number of benzene rings is 2. The van der Waals surface area contributed by atoms with E-state index >= 15 is 0 Å². The van der Waals surface area contributed by atoms with Gasteiger partial charge in [0.2, 0.25) is 5.96 Å². The maximum atomic E-state index is 12.9. The summed E-state index contributed by atoms with van der Waals surface area (Å²) in [5.41, 5.74) is -0.591. The van der Waals surface area contributed by atoms with Gasteiger partial charge in [0.15, 0.2) is 5.82 Å². The first-order chi connectivity index (χ1) is 16.0. The number of nitrogens with zero attached hydrogens (tertiary/aromatic N) is 2. The summed E-state index contributed by atoms with van der Waals surface area (Å²) < 4.78 is 76.9. The van der Waals surface area contributed by atoms with Crippen molar-refractivity contribution in [3.63, 3.8) is 0 Å². The number of hydrogen-bond acceptors (Lipinski definition) is 3. The minimum Gasteiger partial charge on any atom is -0.326 e. The van der Waals surface area contributed by atoms with Crippen molar-refractivity contribution in [3.05, 3.63) is 77.0 Å². The van der Waals surface area contributed by atoms with Crippen LogP contribution in [-0.2, 0) is 12.4 Å². The van der Waals surface area contributed by atoms with Gasteiger partial charge in [-0.15, -0.1) is 0 Å². The lowest BCUT2D eigenvalue weighted by molar-refractivity contribution is -0.141. The van der Waals surface area contributed by atoms with E-state index in [0.717, 1.165) is 42.7 Å². The summed E-state index contributed by atoms with van der Waals surface area (Å²) in [7, 11) is 0. The molecule has 0 spiro atoms. The van der Waals surface area contributed by atoms with Gasteiger partial charge in [0.25, 0.3) is 5.91 Å². The van der Waals surface area contributed by atoms with Crippen molar-refractivity contribution < 1.29 is 31.1 Å². The number of aromatic amines is 1. The van der Waals surface area contributed by atoms with Gasteiger partial charge in [-0.25, -0.2) is 0 Å². The number of hydrogen-bond donors (Lipinski definition) is 3. The Morgan fingerprint density at radius 1 is 0.971 bits per heavy atom. The van der Waals surface area contributed by atoms with E-state index in [1.54, 1.807) is 12.1 Å². The van der Waals surface area contributed by atoms with Crippen LogP contribution in [0.3, 0.4) is 0 Å². The van der Waals surface area contributed by atoms with Crippen LogP contribution in [0.1, 0.15) is 45.9 Å². The molecular formula is C22H17F6N5O. The predicted octanol–water partition coefficient (Wildman–Crippen LogP) is 5.85. The fourth-order valence-corrected chi connectivity index (χ4v) is 3.13. The number of alkyl halides is 6. The quantitative estimate of drug-likeness (QED) is 0.248. The minimum absolute atomic E-state index is 0.104. The number of halogens is 6. The molecule has 2 aromatic carbocycles. The molecule has 3 aromatic rings. The van der Waals surface area contributed by atoms with Crippen molar-refractivity contribution in [3.8, 4) is 0 Å². The van der Waals surface area contributed by atoms with Crippen LogP contribution in [0, 0.1) is 0 Å². The molecule has 1 aliphatic carbocycles. The zero-order chi connectivity index (χ0) is 24.5. The normalized spacial score (nSPS) is 14.7. The number of aromatic nitrogens is 2. The molecule has 12 heteroatoms. The van der Waals surface area contributed by atoms with E-state index < -0.39 is 29.5 Å². The molecule has 1 saturated carbocycles. The first kappa shape index (κ1) is 23.3. The third-order valence-electron chi connectivity index (χ3n) is 5.00. The lowest BCUT2D eigenvalue weighted by Gasteiger charge is -2.13. The molecule has 0 bridgehead atoms. The topological polar surface area (TPSA) is 82.2 Å². The Kier molecular flexibility index (Phi) is 6.07. The predicted molar refractivity (Wildman–Crippen MR) is 112 cm³/mol. The number of guanidine groups is 1. The number of anilines is 1. The van der Waals surface area contributed by atoms with Crippen molar-refractivity contribution in [2.45, 2.75) is 31.1 Å². The number of H-pyrrole nitrogens is 1. The summed E-state index contributed by atoms with van der Waals surface area (Å²) in [4.78, 5) is 16.6. The first-order valence-electron chi connectivity index (χ1n) is 10.1. The van der Waals surface area contributed by atoms with E-state index in [4.69, 9.17) is 0 Å². The molecule has 1 amide bonds. The molecule has 34 heavy (non-hydrogen) atoms. The number of amides is 1. The molecule has 0 aliphatic heterocycles. The van der Waals surface area contributed by atoms with Gasteiger partial charge in [0.1, 0.15) is 5.69 Å². The fraction of sp³-hybridized carbons (Fsp3) is 0.227. The fourth-order valence-electron chi connectivity index (χ4n) is 3.13. The summed E-state index contributed by atoms with van der Waals surface area (Å²) in [6.07, 6.45) is -7.15. The van der Waals surface area contributed by atoms with Crippen LogP contribution in [0.4, 0.5) is 37.8 Å². The highest BCUT2D eigenvalue weighted by Crippen LogP contribution is 2.40. The van der Waals surface area contributed by atoms with E-state index in [0.29, 0.717) is 17.7 Å². The Labute approximate surface area is 189 Å². The number of rotatable bonds is 4. The second kappa shape index (κ2) is 8.84. The molecule has 0 atom stereocenters. The molecule has 1 aliphatic rings. The molecule has 0 radical (unpaired) electrons. The molecule has 6 nitrogen and oxygen atoms in total. The lowest BCUT2D eigenvalue weighted by atomic mass is 10.1. The standard InChI is InChI=1S/C22H17F6N5O/c23-21(24,25)15-8-6-13(7-9-15)19(34)31-20(30-18-11-17(32-33-18)22(26,27)28)29-16-3-1-2-14(10-16)12-4-5-12/h1-3,6-12H,4-5H2,(H3,29,30,31,32,33,34). The lowest BCUT2D eigenvalue weighted by Crippen LogP contribution is -2.35. The Bertz CT molecular complexity index is 1210. The molecule has 1 heterocycles. The van der Waals surface area contributed by atoms with E-state index in [2.05, 4.69) is 20.7 Å². The van der Waals surface area contributed by atoms with Crippen molar-refractivity contribution in [1.82, 2.24) is 15.5 Å². The Hall–Kier alpha value is -3.83. The van der Waals surface area contributed by atoms with Gasteiger partial charge in [-0.05, 0) is 60.7 Å². The summed E-state index contributed by atoms with van der Waals surface area (Å²) in [5.74, 6) is -1.01. The van der Waals surface area contributed by atoms with Crippen LogP contribution in [-0.4, -0.2) is 22.1 Å². The van der Waals surface area contributed by atoms with E-state index in [9.17, 15) is 31.1 Å². The second-order valence-electron chi connectivity index (χ2n) is 7.65. The maximum Gasteiger partial charge on any atom is 0.432 e. The summed E-state index contributed by atoms with van der Waals surface area (Å²) in [6, 6.07) is 11.3. The highest BCUT2D eigenvalue weighted by molar-refractivity contribution is 6.10. The van der Waals surface area contributed by atoms with Gasteiger partial charge in [-0.1, -0.05) is 12.1 Å². The van der Waals surface area contributed by atoms with Gasteiger partial charge in [0.05, 0.1) is 5.56 Å². The third kappa shape index (κ3) is 5.74. The molecule has 178 valence electrons. The average Bonchev–Trinajstić information content (AvgIpc) is 3.51. The van der Waals surface area contributed by atoms with Crippen molar-refractivity contribution >= 4 is 23.4 Å². The molecule has 0 saturated heterocycles. The highest BCUT2D eigenvalue weighted by Gasteiger charge is 2.33. The summed E-state index contributed by atoms with van der Waals surface area (Å²) in [5, 5.41) is 10.5. The Morgan fingerprint density at radius 3 is 2.26 bits per heavy atom. The zero-order valence-electron chi connectivity index (χ0n) is 17.3. The van der Waals surface area contributed by atoms with Crippen molar-refractivity contribution in [2.75, 3.05) is 5.32 Å². The number of carbonyl (C=O) groups is 1. The largest absolute Gasteiger partial charge is 0.432 e. The van der Waals surface area contributed by atoms with Crippen LogP contribution < -0.4 is 10.6 Å². The number of carbonyl (C=O) groups excluding carboxylic acids is 1. The Balaban J connectivity index is 1.59. The van der Waals surface area contributed by atoms with Crippen LogP contribution in [0.25, 0.3) is 0 Å². The van der Waals surface area contributed by atoms with Gasteiger partial charge in [0, 0.05) is 17.3 Å². The maximum absolute atomic E-state index is 12.9. The summed E-state index contributed by atoms with van der Waals surface area (Å²) >= 11 is 0. The van der Waals surface area contributed by atoms with E-state index in [-0.39, 0.29) is 17.3 Å². The van der Waals surface area contributed by atoms with Crippen LogP contribution in [0.2, 0.25) is 0 Å². The van der Waals surface area contributed by atoms with Crippen LogP contribution in [0.5, 0.6) is 0 Å². The first-order valence-corrected chi connectivity index (χ1v) is 10.1. The SMILES string of the molecule is O=C(NC(=Nc1cc(C(F)(F)F)[nH]n1)Nc1cccc(C2CC2)c1)c1ccc(C(F)(F)F)cc1. The van der Waals surface area contributed by atoms with Gasteiger partial charge < -0.3 is 5.32 Å². The highest BCUT2D eigenvalue weighted by atomic mass is 19.4. The molecular weight excluding hydrogens is 464 g/mol. The monoisotopic (exact) mass is 481 g/mol. The third-order valence-corrected chi connectivity index (χ3v) is 5.00. The van der Waals surface area contributed by atoms with Gasteiger partial charge in [-0.2, -0.15) is 36.4 Å². The van der Waals surface area contributed by atoms with Gasteiger partial charge >= 0.3 is 12.4 Å². The summed E-state index contributed by atoms with van der Waals surface area (Å²) in [6.45, 7) is 0.